The molecule has 0 saturated heterocycles. The van der Waals surface area contributed by atoms with Crippen molar-refractivity contribution >= 4 is 16.8 Å². The lowest BCUT2D eigenvalue weighted by molar-refractivity contribution is 0.550. The van der Waals surface area contributed by atoms with Crippen LogP contribution in [0.2, 0.25) is 0 Å². The van der Waals surface area contributed by atoms with Crippen LogP contribution in [-0.2, 0) is 0 Å². The van der Waals surface area contributed by atoms with Crippen molar-refractivity contribution < 1.29 is 0 Å². The average molecular weight is 146 g/mol. The van der Waals surface area contributed by atoms with E-state index >= 15 is 0 Å². The molecule has 0 spiro atoms. The van der Waals surface area contributed by atoms with Gasteiger partial charge in [-0.25, -0.2) is 0 Å². The molecule has 0 amide bonds. The lowest BCUT2D eigenvalue weighted by Gasteiger charge is -2.13. The normalized spacial score (nSPS) is 25.1. The van der Waals surface area contributed by atoms with Crippen LogP contribution in [0.5, 0.6) is 0 Å². The van der Waals surface area contributed by atoms with Crippen LogP contribution in [0.1, 0.15) is 0 Å². The van der Waals surface area contributed by atoms with Crippen molar-refractivity contribution in [1.82, 2.24) is 10.7 Å². The monoisotopic (exact) mass is 145 g/mol. The van der Waals surface area contributed by atoms with Crippen LogP contribution in [0, 0.1) is 0 Å². The Bertz CT molecular complexity index is 152. The second-order valence-electron chi connectivity index (χ2n) is 1.69. The molecule has 0 bridgehead atoms. The van der Waals surface area contributed by atoms with Crippen LogP contribution in [0.25, 0.3) is 0 Å². The van der Waals surface area contributed by atoms with Crippen molar-refractivity contribution in [2.24, 2.45) is 5.10 Å². The largest absolute Gasteiger partial charge is 0.296 e. The van der Waals surface area contributed by atoms with Crippen LogP contribution in [0.3, 0.4) is 0 Å². The molecule has 1 aliphatic heterocycles. The van der Waals surface area contributed by atoms with Gasteiger partial charge in [-0.3, -0.25) is 10.7 Å². The molecule has 0 aromatic carbocycles. The molecule has 0 radical (unpaired) electrons. The van der Waals surface area contributed by atoms with E-state index in [1.54, 1.807) is 6.08 Å². The topological polar surface area (TPSA) is 36.4 Å². The number of nitrogens with one attached hydrogen (secondary N) is 2. The van der Waals surface area contributed by atoms with E-state index in [1.807, 2.05) is 13.1 Å². The second-order valence-corrected chi connectivity index (χ2v) is 2.08. The summed E-state index contributed by atoms with van der Waals surface area (Å²) >= 11 is 5.51. The summed E-state index contributed by atoms with van der Waals surface area (Å²) in [7, 11) is 1.84. The van der Waals surface area contributed by atoms with Gasteiger partial charge in [0.15, 0.2) is 0 Å². The van der Waals surface area contributed by atoms with Gasteiger partial charge in [-0.15, -0.1) is 0 Å². The molecule has 4 heteroatoms. The summed E-state index contributed by atoms with van der Waals surface area (Å²) < 4.78 is 0. The Morgan fingerprint density at radius 3 is 3.11 bits per heavy atom. The fourth-order valence-electron chi connectivity index (χ4n) is 0.548. The van der Waals surface area contributed by atoms with Gasteiger partial charge in [-0.2, -0.15) is 5.10 Å². The molecule has 50 valence electrons. The van der Waals surface area contributed by atoms with Crippen LogP contribution in [0.4, 0.5) is 0 Å². The SMILES string of the molecule is CNC1C=CC(Cl)=NN1. The molecule has 2 N–H and O–H groups in total. The highest BCUT2D eigenvalue weighted by Gasteiger charge is 2.02. The molecule has 0 aromatic heterocycles. The predicted octanol–water partition coefficient (Wildman–Crippen LogP) is 0.244. The highest BCUT2D eigenvalue weighted by Crippen LogP contribution is 1.94. The third kappa shape index (κ3) is 1.69. The number of halogens is 1. The summed E-state index contributed by atoms with van der Waals surface area (Å²) in [6.45, 7) is 0. The maximum absolute atomic E-state index is 5.51. The standard InChI is InChI=1S/C5H8ClN3/c1-7-5-3-2-4(6)8-9-5/h2-3,5,7,9H,1H3. The molecule has 3 nitrogen and oxygen atoms in total. The van der Waals surface area contributed by atoms with Crippen LogP contribution < -0.4 is 10.7 Å². The summed E-state index contributed by atoms with van der Waals surface area (Å²) in [6.07, 6.45) is 3.77. The van der Waals surface area contributed by atoms with Crippen LogP contribution in [0.15, 0.2) is 17.3 Å². The van der Waals surface area contributed by atoms with E-state index in [1.165, 1.54) is 0 Å². The van der Waals surface area contributed by atoms with E-state index < -0.39 is 0 Å². The first-order valence-corrected chi connectivity index (χ1v) is 3.05. The van der Waals surface area contributed by atoms with Gasteiger partial charge in [0.1, 0.15) is 11.3 Å². The van der Waals surface area contributed by atoms with Crippen molar-refractivity contribution in [3.8, 4) is 0 Å². The maximum Gasteiger partial charge on any atom is 0.148 e. The molecular weight excluding hydrogens is 138 g/mol. The summed E-state index contributed by atoms with van der Waals surface area (Å²) in [4.78, 5) is 0. The molecule has 1 rings (SSSR count). The van der Waals surface area contributed by atoms with Gasteiger partial charge in [-0.05, 0) is 19.2 Å². The van der Waals surface area contributed by atoms with E-state index in [2.05, 4.69) is 15.8 Å². The van der Waals surface area contributed by atoms with Crippen molar-refractivity contribution in [3.05, 3.63) is 12.2 Å². The van der Waals surface area contributed by atoms with Crippen LogP contribution in [-0.4, -0.2) is 18.4 Å². The first kappa shape index (κ1) is 6.58. The molecule has 0 aromatic rings. The number of hydrogen-bond donors (Lipinski definition) is 2. The zero-order valence-electron chi connectivity index (χ0n) is 5.06. The number of allylic oxidation sites excluding steroid dienone is 1. The van der Waals surface area contributed by atoms with Crippen LogP contribution >= 0.6 is 11.6 Å². The molecule has 9 heavy (non-hydrogen) atoms. The molecule has 1 aliphatic rings. The Labute approximate surface area is 58.8 Å². The summed E-state index contributed by atoms with van der Waals surface area (Å²) in [5, 5.41) is 7.21. The molecule has 1 heterocycles. The molecule has 0 aliphatic carbocycles. The van der Waals surface area contributed by atoms with E-state index in [0.717, 1.165) is 0 Å². The predicted molar refractivity (Wildman–Crippen MR) is 38.4 cm³/mol. The number of likely N-dealkylation sites (N-methyl/N-ethyl adjacent to an activating group) is 1. The number of rotatable bonds is 1. The fraction of sp³-hybridized carbons (Fsp3) is 0.400. The summed E-state index contributed by atoms with van der Waals surface area (Å²) in [5.74, 6) is 0. The third-order valence-corrected chi connectivity index (χ3v) is 1.26. The van der Waals surface area contributed by atoms with Gasteiger partial charge in [0.05, 0.1) is 0 Å². The number of hydrogen-bond acceptors (Lipinski definition) is 3. The number of nitrogens with zero attached hydrogens (tertiary/aromatic N) is 1. The van der Waals surface area contributed by atoms with Gasteiger partial charge in [0.2, 0.25) is 0 Å². The molecule has 0 saturated carbocycles. The van der Waals surface area contributed by atoms with Gasteiger partial charge in [-0.1, -0.05) is 11.6 Å². The van der Waals surface area contributed by atoms with E-state index in [4.69, 9.17) is 11.6 Å². The number of hydrazone groups is 1. The zero-order chi connectivity index (χ0) is 6.69. The van der Waals surface area contributed by atoms with E-state index in [9.17, 15) is 0 Å². The maximum atomic E-state index is 5.51. The minimum Gasteiger partial charge on any atom is -0.296 e. The Kier molecular flexibility index (Phi) is 2.08. The second kappa shape index (κ2) is 2.85. The first-order valence-electron chi connectivity index (χ1n) is 2.67. The smallest absolute Gasteiger partial charge is 0.148 e. The lowest BCUT2D eigenvalue weighted by Crippen LogP contribution is -2.37. The fourth-order valence-corrected chi connectivity index (χ4v) is 0.669. The minimum absolute atomic E-state index is 0.118. The molecule has 1 atom stereocenters. The van der Waals surface area contributed by atoms with Gasteiger partial charge < -0.3 is 0 Å². The van der Waals surface area contributed by atoms with Crippen molar-refractivity contribution in [2.75, 3.05) is 7.05 Å². The van der Waals surface area contributed by atoms with Gasteiger partial charge >= 0.3 is 0 Å². The Morgan fingerprint density at radius 1 is 1.89 bits per heavy atom. The first-order chi connectivity index (χ1) is 4.33. The highest BCUT2D eigenvalue weighted by molar-refractivity contribution is 6.68. The Balaban J connectivity index is 2.48. The zero-order valence-corrected chi connectivity index (χ0v) is 5.81. The van der Waals surface area contributed by atoms with Crippen molar-refractivity contribution in [3.63, 3.8) is 0 Å². The Morgan fingerprint density at radius 2 is 2.67 bits per heavy atom. The van der Waals surface area contributed by atoms with E-state index in [0.29, 0.717) is 5.17 Å². The minimum atomic E-state index is 0.118. The molecule has 0 fully saturated rings. The van der Waals surface area contributed by atoms with E-state index in [-0.39, 0.29) is 6.17 Å². The van der Waals surface area contributed by atoms with Crippen molar-refractivity contribution in [2.45, 2.75) is 6.17 Å². The third-order valence-electron chi connectivity index (χ3n) is 1.05. The average Bonchev–Trinajstić information content (AvgIpc) is 1.90. The van der Waals surface area contributed by atoms with Gasteiger partial charge in [0, 0.05) is 0 Å². The molecular formula is C5H8ClN3. The highest BCUT2D eigenvalue weighted by atomic mass is 35.5. The van der Waals surface area contributed by atoms with Gasteiger partial charge in [0.25, 0.3) is 0 Å². The van der Waals surface area contributed by atoms with Crippen molar-refractivity contribution in [1.29, 1.82) is 0 Å². The summed E-state index contributed by atoms with van der Waals surface area (Å²) in [6, 6.07) is 0. The summed E-state index contributed by atoms with van der Waals surface area (Å²) in [5.41, 5.74) is 2.78. The molecule has 1 unspecified atom stereocenters. The quantitative estimate of drug-likeness (QED) is 0.555. The Hall–Kier alpha value is -0.540. The lowest BCUT2D eigenvalue weighted by atomic mass is 10.4.